The zero-order chi connectivity index (χ0) is 32.8. The van der Waals surface area contributed by atoms with Crippen LogP contribution in [0.1, 0.15) is 0 Å². The van der Waals surface area contributed by atoms with Crippen molar-refractivity contribution in [2.24, 2.45) is 0 Å². The van der Waals surface area contributed by atoms with Crippen LogP contribution in [0.25, 0.3) is 110 Å². The highest BCUT2D eigenvalue weighted by Crippen LogP contribution is 2.47. The van der Waals surface area contributed by atoms with Gasteiger partial charge in [0.15, 0.2) is 0 Å². The van der Waals surface area contributed by atoms with Crippen LogP contribution < -0.4 is 0 Å². The molecule has 11 rings (SSSR count). The minimum Gasteiger partial charge on any atom is -0.456 e. The predicted octanol–water partition coefficient (Wildman–Crippen LogP) is 13.9. The van der Waals surface area contributed by atoms with Gasteiger partial charge in [-0.25, -0.2) is 0 Å². The molecule has 9 aromatic carbocycles. The minimum atomic E-state index is 0.832. The van der Waals surface area contributed by atoms with Gasteiger partial charge < -0.3 is 8.83 Å². The summed E-state index contributed by atoms with van der Waals surface area (Å²) in [6.07, 6.45) is 0. The van der Waals surface area contributed by atoms with Gasteiger partial charge in [-0.15, -0.1) is 0 Å². The normalized spacial score (nSPS) is 12.0. The molecule has 0 atom stereocenters. The monoisotopic (exact) mass is 636 g/mol. The number of hydrogen-bond acceptors (Lipinski definition) is 2. The van der Waals surface area contributed by atoms with Crippen LogP contribution >= 0.6 is 0 Å². The first-order valence-corrected chi connectivity index (χ1v) is 17.1. The summed E-state index contributed by atoms with van der Waals surface area (Å²) in [5, 5.41) is 11.8. The van der Waals surface area contributed by atoms with Gasteiger partial charge in [-0.1, -0.05) is 146 Å². The van der Waals surface area contributed by atoms with Gasteiger partial charge in [0.2, 0.25) is 0 Å². The Morgan fingerprint density at radius 3 is 1.44 bits per heavy atom. The van der Waals surface area contributed by atoms with E-state index in [0.717, 1.165) is 55.0 Å². The molecule has 0 bridgehead atoms. The van der Waals surface area contributed by atoms with Gasteiger partial charge in [-0.05, 0) is 90.0 Å². The molecule has 0 fully saturated rings. The van der Waals surface area contributed by atoms with Gasteiger partial charge in [0.05, 0.1) is 5.39 Å². The molecule has 0 saturated heterocycles. The van der Waals surface area contributed by atoms with Crippen molar-refractivity contribution >= 4 is 76.2 Å². The number of rotatable bonds is 3. The number of furan rings is 2. The molecule has 0 amide bonds. The van der Waals surface area contributed by atoms with E-state index in [2.05, 4.69) is 146 Å². The quantitative estimate of drug-likeness (QED) is 0.180. The van der Waals surface area contributed by atoms with Gasteiger partial charge in [-0.3, -0.25) is 0 Å². The lowest BCUT2D eigenvalue weighted by atomic mass is 9.85. The van der Waals surface area contributed by atoms with Crippen molar-refractivity contribution in [1.29, 1.82) is 0 Å². The van der Waals surface area contributed by atoms with E-state index in [4.69, 9.17) is 8.83 Å². The lowest BCUT2D eigenvalue weighted by Crippen LogP contribution is -1.91. The maximum atomic E-state index is 6.60. The van der Waals surface area contributed by atoms with Crippen molar-refractivity contribution in [2.45, 2.75) is 0 Å². The fraction of sp³-hybridized carbons (Fsp3) is 0. The molecule has 50 heavy (non-hydrogen) atoms. The Morgan fingerprint density at radius 2 is 0.780 bits per heavy atom. The SMILES string of the molecule is c1ccc2cc(-c3c4ccccc4c(-c4ccc(-c5cc6oc7ccccc7c6c6oc7ccccc7c56)cc4)c4ccccc34)ccc2c1. The number of para-hydroxylation sites is 2. The van der Waals surface area contributed by atoms with Gasteiger partial charge in [0.25, 0.3) is 0 Å². The molecular weight excluding hydrogens is 609 g/mol. The summed E-state index contributed by atoms with van der Waals surface area (Å²) >= 11 is 0. The standard InChI is InChI=1S/C48H28O2/c1-2-12-32-27-33(26-21-29(32)11-1)45-36-15-5-3-13-34(36)44(35-14-4-6-16-37(35)45)31-24-22-30(23-25-31)40-28-43-47(39-18-8-9-19-41(39)49-43)48-46(40)38-17-7-10-20-42(38)50-48/h1-28H. The third-order valence-corrected chi connectivity index (χ3v) is 10.4. The molecule has 11 aromatic rings. The smallest absolute Gasteiger partial charge is 0.147 e. The van der Waals surface area contributed by atoms with Gasteiger partial charge in [-0.2, -0.15) is 0 Å². The molecule has 0 aliphatic carbocycles. The molecule has 2 nitrogen and oxygen atoms in total. The summed E-state index contributed by atoms with van der Waals surface area (Å²) in [6, 6.07) is 60.9. The third-order valence-electron chi connectivity index (χ3n) is 10.4. The molecule has 0 unspecified atom stereocenters. The van der Waals surface area contributed by atoms with E-state index in [9.17, 15) is 0 Å². The van der Waals surface area contributed by atoms with Crippen molar-refractivity contribution in [2.75, 3.05) is 0 Å². The fourth-order valence-corrected chi connectivity index (χ4v) is 8.23. The Kier molecular flexibility index (Phi) is 5.70. The van der Waals surface area contributed by atoms with Crippen LogP contribution in [0.5, 0.6) is 0 Å². The van der Waals surface area contributed by atoms with E-state index >= 15 is 0 Å². The van der Waals surface area contributed by atoms with Crippen molar-refractivity contribution < 1.29 is 8.83 Å². The molecule has 232 valence electrons. The summed E-state index contributed by atoms with van der Waals surface area (Å²) < 4.78 is 13.0. The Labute approximate surface area is 287 Å². The second kappa shape index (κ2) is 10.4. The Balaban J connectivity index is 1.14. The van der Waals surface area contributed by atoms with E-state index in [1.54, 1.807) is 0 Å². The van der Waals surface area contributed by atoms with Crippen LogP contribution in [0.15, 0.2) is 179 Å². The molecule has 2 aromatic heterocycles. The van der Waals surface area contributed by atoms with Gasteiger partial charge in [0.1, 0.15) is 22.3 Å². The maximum absolute atomic E-state index is 6.60. The number of fused-ring (bicyclic) bond motifs is 10. The van der Waals surface area contributed by atoms with Crippen molar-refractivity contribution in [3.8, 4) is 33.4 Å². The highest BCUT2D eigenvalue weighted by molar-refractivity contribution is 6.26. The van der Waals surface area contributed by atoms with Crippen molar-refractivity contribution in [3.63, 3.8) is 0 Å². The van der Waals surface area contributed by atoms with Gasteiger partial charge in [0, 0.05) is 16.2 Å². The predicted molar refractivity (Wildman–Crippen MR) is 210 cm³/mol. The van der Waals surface area contributed by atoms with Crippen LogP contribution in [0.3, 0.4) is 0 Å². The largest absolute Gasteiger partial charge is 0.456 e. The molecule has 0 radical (unpaired) electrons. The summed E-state index contributed by atoms with van der Waals surface area (Å²) in [7, 11) is 0. The molecule has 2 heteroatoms. The average Bonchev–Trinajstić information content (AvgIpc) is 3.75. The van der Waals surface area contributed by atoms with E-state index in [-0.39, 0.29) is 0 Å². The first kappa shape index (κ1) is 27.3. The fourth-order valence-electron chi connectivity index (χ4n) is 8.23. The zero-order valence-electron chi connectivity index (χ0n) is 27.0. The van der Waals surface area contributed by atoms with Crippen molar-refractivity contribution in [1.82, 2.24) is 0 Å². The molecule has 2 heterocycles. The lowest BCUT2D eigenvalue weighted by molar-refractivity contribution is 0.663. The average molecular weight is 637 g/mol. The first-order valence-electron chi connectivity index (χ1n) is 17.1. The highest BCUT2D eigenvalue weighted by Gasteiger charge is 2.21. The minimum absolute atomic E-state index is 0.832. The molecule has 0 N–H and O–H groups in total. The van der Waals surface area contributed by atoms with Crippen LogP contribution in [0.4, 0.5) is 0 Å². The summed E-state index contributed by atoms with van der Waals surface area (Å²) in [4.78, 5) is 0. The molecule has 0 spiro atoms. The number of benzene rings is 9. The van der Waals surface area contributed by atoms with Crippen LogP contribution in [0.2, 0.25) is 0 Å². The second-order valence-electron chi connectivity index (χ2n) is 13.2. The van der Waals surface area contributed by atoms with Crippen LogP contribution in [-0.4, -0.2) is 0 Å². The Morgan fingerprint density at radius 1 is 0.300 bits per heavy atom. The van der Waals surface area contributed by atoms with Gasteiger partial charge >= 0.3 is 0 Å². The Bertz CT molecular complexity index is 3080. The zero-order valence-corrected chi connectivity index (χ0v) is 27.0. The maximum Gasteiger partial charge on any atom is 0.147 e. The topological polar surface area (TPSA) is 26.3 Å². The van der Waals surface area contributed by atoms with Crippen LogP contribution in [-0.2, 0) is 0 Å². The highest BCUT2D eigenvalue weighted by atomic mass is 16.3. The molecular formula is C48H28O2. The summed E-state index contributed by atoms with van der Waals surface area (Å²) in [5.41, 5.74) is 10.6. The molecule has 0 aliphatic heterocycles. The first-order chi connectivity index (χ1) is 24.8. The van der Waals surface area contributed by atoms with E-state index < -0.39 is 0 Å². The third kappa shape index (κ3) is 3.90. The van der Waals surface area contributed by atoms with Crippen LogP contribution in [0, 0.1) is 0 Å². The lowest BCUT2D eigenvalue weighted by Gasteiger charge is -2.18. The Hall–Kier alpha value is -6.64. The number of hydrogen-bond donors (Lipinski definition) is 0. The second-order valence-corrected chi connectivity index (χ2v) is 13.2. The van der Waals surface area contributed by atoms with E-state index in [0.29, 0.717) is 0 Å². The van der Waals surface area contributed by atoms with Crippen molar-refractivity contribution in [3.05, 3.63) is 170 Å². The summed E-state index contributed by atoms with van der Waals surface area (Å²) in [6.45, 7) is 0. The molecule has 0 saturated carbocycles. The van der Waals surface area contributed by atoms with E-state index in [1.807, 2.05) is 24.3 Å². The molecule has 0 aliphatic rings. The van der Waals surface area contributed by atoms with E-state index in [1.165, 1.54) is 54.6 Å². The summed E-state index contributed by atoms with van der Waals surface area (Å²) in [5.74, 6) is 0.